The first-order valence-corrected chi connectivity index (χ1v) is 12.4. The topological polar surface area (TPSA) is 68.8 Å². The highest BCUT2D eigenvalue weighted by Gasteiger charge is 2.37. The Kier molecular flexibility index (Phi) is 6.67. The maximum Gasteiger partial charge on any atom is 0.416 e. The van der Waals surface area contributed by atoms with Crippen LogP contribution in [-0.4, -0.2) is 76.8 Å². The van der Waals surface area contributed by atoms with E-state index in [0.717, 1.165) is 25.2 Å². The molecule has 0 atom stereocenters. The first-order chi connectivity index (χ1) is 17.3. The van der Waals surface area contributed by atoms with Crippen LogP contribution in [-0.2, 0) is 6.18 Å². The van der Waals surface area contributed by atoms with E-state index in [-0.39, 0.29) is 23.5 Å². The molecular formula is C25H24F3N5O2S. The molecule has 2 fully saturated rings. The number of nitrogens with one attached hydrogen (secondary N) is 1. The summed E-state index contributed by atoms with van der Waals surface area (Å²) in [6.07, 6.45) is -2.82. The molecule has 1 N–H and O–H groups in total. The van der Waals surface area contributed by atoms with Crippen molar-refractivity contribution in [2.24, 2.45) is 0 Å². The fourth-order valence-electron chi connectivity index (χ4n) is 4.48. The second kappa shape index (κ2) is 9.90. The average molecular weight is 516 g/mol. The number of thiazole rings is 1. The van der Waals surface area contributed by atoms with Gasteiger partial charge in [0.2, 0.25) is 0 Å². The number of benzene rings is 2. The SMILES string of the molecule is O=C(c1nccs1)N1CCN(C2CN(C(=O)c3ccccc3Nc3cccc(C(F)(F)F)c3)C2)CC1. The number of anilines is 2. The van der Waals surface area contributed by atoms with Crippen molar-refractivity contribution in [2.45, 2.75) is 12.2 Å². The van der Waals surface area contributed by atoms with Gasteiger partial charge in [-0.05, 0) is 30.3 Å². The predicted molar refractivity (Wildman–Crippen MR) is 130 cm³/mol. The lowest BCUT2D eigenvalue weighted by atomic mass is 10.0. The third kappa shape index (κ3) is 5.07. The summed E-state index contributed by atoms with van der Waals surface area (Å²) in [6.45, 7) is 3.84. The molecule has 2 amide bonds. The maximum atomic E-state index is 13.2. The molecule has 2 aromatic carbocycles. The smallest absolute Gasteiger partial charge is 0.355 e. The molecule has 2 aliphatic heterocycles. The largest absolute Gasteiger partial charge is 0.416 e. The van der Waals surface area contributed by atoms with Crippen LogP contribution in [0.1, 0.15) is 25.7 Å². The molecule has 11 heteroatoms. The monoisotopic (exact) mass is 515 g/mol. The first kappa shape index (κ1) is 24.3. The van der Waals surface area contributed by atoms with E-state index in [0.29, 0.717) is 42.4 Å². The second-order valence-corrected chi connectivity index (χ2v) is 9.67. The lowest BCUT2D eigenvalue weighted by molar-refractivity contribution is -0.137. The number of halogens is 3. The van der Waals surface area contributed by atoms with Gasteiger partial charge >= 0.3 is 6.18 Å². The normalized spacial score (nSPS) is 17.1. The minimum Gasteiger partial charge on any atom is -0.355 e. The number of para-hydroxylation sites is 1. The molecule has 0 saturated carbocycles. The van der Waals surface area contributed by atoms with Gasteiger partial charge in [0.15, 0.2) is 5.01 Å². The minimum atomic E-state index is -4.45. The third-order valence-corrected chi connectivity index (χ3v) is 7.27. The Morgan fingerprint density at radius 3 is 2.39 bits per heavy atom. The standard InChI is InChI=1S/C25H24F3N5O2S/c26-25(27,28)17-4-3-5-18(14-17)30-21-7-2-1-6-20(21)23(34)33-15-19(16-33)31-9-11-32(12-10-31)24(35)22-29-8-13-36-22/h1-8,13-14,19,30H,9-12,15-16H2. The summed E-state index contributed by atoms with van der Waals surface area (Å²) < 4.78 is 39.2. The number of likely N-dealkylation sites (tertiary alicyclic amines) is 1. The minimum absolute atomic E-state index is 0.0417. The Labute approximate surface area is 210 Å². The van der Waals surface area contributed by atoms with Gasteiger partial charge < -0.3 is 15.1 Å². The van der Waals surface area contributed by atoms with Crippen LogP contribution in [0.3, 0.4) is 0 Å². The molecule has 3 heterocycles. The highest BCUT2D eigenvalue weighted by atomic mass is 32.1. The van der Waals surface area contributed by atoms with Gasteiger partial charge in [0.25, 0.3) is 11.8 Å². The summed E-state index contributed by atoms with van der Waals surface area (Å²) in [5.41, 5.74) is 0.374. The van der Waals surface area contributed by atoms with E-state index >= 15 is 0 Å². The van der Waals surface area contributed by atoms with Crippen LogP contribution in [0.2, 0.25) is 0 Å². The molecule has 2 saturated heterocycles. The maximum absolute atomic E-state index is 13.2. The van der Waals surface area contributed by atoms with Gasteiger partial charge in [0, 0.05) is 62.6 Å². The second-order valence-electron chi connectivity index (χ2n) is 8.78. The third-order valence-electron chi connectivity index (χ3n) is 6.51. The predicted octanol–water partition coefficient (Wildman–Crippen LogP) is 4.19. The Hall–Kier alpha value is -3.44. The van der Waals surface area contributed by atoms with Gasteiger partial charge in [-0.1, -0.05) is 18.2 Å². The van der Waals surface area contributed by atoms with Gasteiger partial charge in [-0.15, -0.1) is 11.3 Å². The number of amides is 2. The molecule has 1 aromatic heterocycles. The van der Waals surface area contributed by atoms with Crippen LogP contribution < -0.4 is 5.32 Å². The van der Waals surface area contributed by atoms with Crippen molar-refractivity contribution in [1.29, 1.82) is 0 Å². The summed E-state index contributed by atoms with van der Waals surface area (Å²) in [4.78, 5) is 35.6. The van der Waals surface area contributed by atoms with Crippen molar-refractivity contribution in [2.75, 3.05) is 44.6 Å². The highest BCUT2D eigenvalue weighted by Crippen LogP contribution is 2.32. The number of alkyl halides is 3. The zero-order valence-corrected chi connectivity index (χ0v) is 20.1. The van der Waals surface area contributed by atoms with Gasteiger partial charge in [-0.2, -0.15) is 13.2 Å². The van der Waals surface area contributed by atoms with Gasteiger partial charge in [-0.25, -0.2) is 4.98 Å². The fraction of sp³-hybridized carbons (Fsp3) is 0.320. The van der Waals surface area contributed by atoms with Crippen LogP contribution >= 0.6 is 11.3 Å². The van der Waals surface area contributed by atoms with Crippen LogP contribution in [0.25, 0.3) is 0 Å². The summed E-state index contributed by atoms with van der Waals surface area (Å²) in [5, 5.41) is 5.26. The highest BCUT2D eigenvalue weighted by molar-refractivity contribution is 7.11. The molecule has 0 spiro atoms. The molecule has 2 aliphatic rings. The molecule has 0 bridgehead atoms. The van der Waals surface area contributed by atoms with E-state index in [1.54, 1.807) is 40.7 Å². The van der Waals surface area contributed by atoms with Crippen molar-refractivity contribution in [3.63, 3.8) is 0 Å². The van der Waals surface area contributed by atoms with Crippen molar-refractivity contribution in [1.82, 2.24) is 19.7 Å². The lowest BCUT2D eigenvalue weighted by Crippen LogP contribution is -2.64. The zero-order chi connectivity index (χ0) is 25.3. The number of piperazine rings is 1. The number of carbonyl (C=O) groups excluding carboxylic acids is 2. The number of nitrogens with zero attached hydrogens (tertiary/aromatic N) is 4. The number of rotatable bonds is 5. The van der Waals surface area contributed by atoms with E-state index in [1.807, 2.05) is 4.90 Å². The van der Waals surface area contributed by atoms with Crippen LogP contribution in [0.15, 0.2) is 60.1 Å². The summed E-state index contributed by atoms with van der Waals surface area (Å²) >= 11 is 1.34. The number of hydrogen-bond donors (Lipinski definition) is 1. The van der Waals surface area contributed by atoms with Gasteiger partial charge in [0.1, 0.15) is 0 Å². The van der Waals surface area contributed by atoms with E-state index in [1.165, 1.54) is 23.5 Å². The molecule has 188 valence electrons. The number of aromatic nitrogens is 1. The quantitative estimate of drug-likeness (QED) is 0.552. The average Bonchev–Trinajstić information content (AvgIpc) is 3.38. The van der Waals surface area contributed by atoms with Gasteiger partial charge in [-0.3, -0.25) is 14.5 Å². The molecular weight excluding hydrogens is 491 g/mol. The van der Waals surface area contributed by atoms with E-state index in [9.17, 15) is 22.8 Å². The zero-order valence-electron chi connectivity index (χ0n) is 19.2. The first-order valence-electron chi connectivity index (χ1n) is 11.5. The fourth-order valence-corrected chi connectivity index (χ4v) is 5.09. The molecule has 0 aliphatic carbocycles. The molecule has 7 nitrogen and oxygen atoms in total. The Balaban J connectivity index is 1.18. The molecule has 0 radical (unpaired) electrons. The van der Waals surface area contributed by atoms with Crippen molar-refractivity contribution in [3.05, 3.63) is 76.2 Å². The molecule has 5 rings (SSSR count). The van der Waals surface area contributed by atoms with Crippen molar-refractivity contribution < 1.29 is 22.8 Å². The van der Waals surface area contributed by atoms with Crippen LogP contribution in [0.4, 0.5) is 24.5 Å². The molecule has 0 unspecified atom stereocenters. The van der Waals surface area contributed by atoms with Crippen LogP contribution in [0.5, 0.6) is 0 Å². The van der Waals surface area contributed by atoms with E-state index in [4.69, 9.17) is 0 Å². The number of carbonyl (C=O) groups is 2. The number of hydrogen-bond acceptors (Lipinski definition) is 6. The molecule has 3 aromatic rings. The Morgan fingerprint density at radius 2 is 1.69 bits per heavy atom. The van der Waals surface area contributed by atoms with Crippen molar-refractivity contribution in [3.8, 4) is 0 Å². The summed E-state index contributed by atoms with van der Waals surface area (Å²) in [5.74, 6) is -0.209. The van der Waals surface area contributed by atoms with Crippen LogP contribution in [0, 0.1) is 0 Å². The summed E-state index contributed by atoms with van der Waals surface area (Å²) in [6, 6.07) is 12.0. The Bertz CT molecular complexity index is 1240. The summed E-state index contributed by atoms with van der Waals surface area (Å²) in [7, 11) is 0. The van der Waals surface area contributed by atoms with Crippen molar-refractivity contribution >= 4 is 34.5 Å². The Morgan fingerprint density at radius 1 is 0.944 bits per heavy atom. The molecule has 36 heavy (non-hydrogen) atoms. The van der Waals surface area contributed by atoms with E-state index < -0.39 is 11.7 Å². The van der Waals surface area contributed by atoms with E-state index in [2.05, 4.69) is 15.2 Å². The van der Waals surface area contributed by atoms with Gasteiger partial charge in [0.05, 0.1) is 16.8 Å². The lowest BCUT2D eigenvalue weighted by Gasteiger charge is -2.48.